The number of benzene rings is 1. The molecule has 1 N–H and O–H groups in total. The topological polar surface area (TPSA) is 59.7 Å². The maximum absolute atomic E-state index is 9.52. The average Bonchev–Trinajstić information content (AvgIpc) is 2.89. The Balaban J connectivity index is 1.84. The summed E-state index contributed by atoms with van der Waals surface area (Å²) >= 11 is 0. The summed E-state index contributed by atoms with van der Waals surface area (Å²) in [4.78, 5) is 4.20. The number of aliphatic hydroxyl groups excluding tert-OH is 1. The van der Waals surface area contributed by atoms with Gasteiger partial charge in [0.2, 0.25) is 5.88 Å². The molecule has 0 saturated carbocycles. The van der Waals surface area contributed by atoms with Crippen LogP contribution in [-0.2, 0) is 13.0 Å². The zero-order valence-corrected chi connectivity index (χ0v) is 11.8. The first kappa shape index (κ1) is 13.6. The second-order valence-corrected chi connectivity index (χ2v) is 5.01. The maximum atomic E-state index is 9.52. The van der Waals surface area contributed by atoms with Gasteiger partial charge in [0.15, 0.2) is 0 Å². The van der Waals surface area contributed by atoms with Crippen molar-refractivity contribution in [1.82, 2.24) is 14.6 Å². The molecule has 0 aliphatic rings. The fourth-order valence-corrected chi connectivity index (χ4v) is 2.26. The van der Waals surface area contributed by atoms with Crippen LogP contribution in [0.15, 0.2) is 48.8 Å². The van der Waals surface area contributed by atoms with Crippen molar-refractivity contribution >= 4 is 5.52 Å². The number of aromatic nitrogens is 3. The molecule has 5 heteroatoms. The molecule has 0 amide bonds. The van der Waals surface area contributed by atoms with Gasteiger partial charge in [-0.2, -0.15) is 10.1 Å². The van der Waals surface area contributed by atoms with Gasteiger partial charge in [0.1, 0.15) is 18.5 Å². The third kappa shape index (κ3) is 3.03. The van der Waals surface area contributed by atoms with Crippen molar-refractivity contribution in [2.75, 3.05) is 0 Å². The highest BCUT2D eigenvalue weighted by Gasteiger charge is 2.11. The number of rotatable bonds is 5. The summed E-state index contributed by atoms with van der Waals surface area (Å²) in [6, 6.07) is 13.8. The van der Waals surface area contributed by atoms with Crippen LogP contribution in [0, 0.1) is 0 Å². The standard InChI is InChI=1S/C16H17N3O2/c1-12(20)9-14-7-8-15-16(17-11-18-19(14)15)21-10-13-5-3-2-4-6-13/h2-8,11-12,20H,9-10H2,1H3. The summed E-state index contributed by atoms with van der Waals surface area (Å²) in [7, 11) is 0. The highest BCUT2D eigenvalue weighted by atomic mass is 16.5. The van der Waals surface area contributed by atoms with Gasteiger partial charge in [-0.25, -0.2) is 4.52 Å². The zero-order chi connectivity index (χ0) is 14.7. The molecule has 3 aromatic rings. The third-order valence-corrected chi connectivity index (χ3v) is 3.22. The minimum Gasteiger partial charge on any atom is -0.471 e. The Morgan fingerprint density at radius 3 is 2.76 bits per heavy atom. The lowest BCUT2D eigenvalue weighted by molar-refractivity contribution is 0.193. The van der Waals surface area contributed by atoms with Crippen molar-refractivity contribution in [3.63, 3.8) is 0 Å². The summed E-state index contributed by atoms with van der Waals surface area (Å²) in [5.41, 5.74) is 2.83. The van der Waals surface area contributed by atoms with E-state index in [1.807, 2.05) is 42.5 Å². The number of aliphatic hydroxyl groups is 1. The Morgan fingerprint density at radius 2 is 2.00 bits per heavy atom. The molecular formula is C16H17N3O2. The van der Waals surface area contributed by atoms with E-state index in [0.29, 0.717) is 18.9 Å². The smallest absolute Gasteiger partial charge is 0.241 e. The number of fused-ring (bicyclic) bond motifs is 1. The summed E-state index contributed by atoms with van der Waals surface area (Å²) in [6.45, 7) is 2.22. The van der Waals surface area contributed by atoms with Gasteiger partial charge in [-0.05, 0) is 24.6 Å². The van der Waals surface area contributed by atoms with Crippen LogP contribution < -0.4 is 4.74 Å². The first-order valence-corrected chi connectivity index (χ1v) is 6.90. The van der Waals surface area contributed by atoms with Crippen LogP contribution in [0.4, 0.5) is 0 Å². The molecule has 21 heavy (non-hydrogen) atoms. The van der Waals surface area contributed by atoms with Crippen molar-refractivity contribution in [3.8, 4) is 5.88 Å². The van der Waals surface area contributed by atoms with Crippen LogP contribution in [-0.4, -0.2) is 25.8 Å². The number of nitrogens with zero attached hydrogens (tertiary/aromatic N) is 3. The largest absolute Gasteiger partial charge is 0.471 e. The second kappa shape index (κ2) is 5.93. The van der Waals surface area contributed by atoms with Crippen LogP contribution in [0.1, 0.15) is 18.2 Å². The Morgan fingerprint density at radius 1 is 1.19 bits per heavy atom. The second-order valence-electron chi connectivity index (χ2n) is 5.01. The molecular weight excluding hydrogens is 266 g/mol. The van der Waals surface area contributed by atoms with Crippen molar-refractivity contribution in [2.24, 2.45) is 0 Å². The van der Waals surface area contributed by atoms with Crippen molar-refractivity contribution in [3.05, 3.63) is 60.0 Å². The summed E-state index contributed by atoms with van der Waals surface area (Å²) in [5, 5.41) is 13.7. The molecule has 0 bridgehead atoms. The molecule has 0 fully saturated rings. The predicted octanol–water partition coefficient (Wildman–Crippen LogP) is 2.23. The first-order chi connectivity index (χ1) is 10.2. The van der Waals surface area contributed by atoms with Crippen LogP contribution >= 0.6 is 0 Å². The Bertz CT molecular complexity index is 723. The minimum absolute atomic E-state index is 0.410. The van der Waals surface area contributed by atoms with Gasteiger partial charge in [0.25, 0.3) is 0 Å². The van der Waals surface area contributed by atoms with Crippen molar-refractivity contribution < 1.29 is 9.84 Å². The van der Waals surface area contributed by atoms with Gasteiger partial charge in [-0.1, -0.05) is 30.3 Å². The minimum atomic E-state index is -0.410. The summed E-state index contributed by atoms with van der Waals surface area (Å²) < 4.78 is 7.55. The normalized spacial score (nSPS) is 12.5. The van der Waals surface area contributed by atoms with Gasteiger partial charge in [0.05, 0.1) is 6.10 Å². The monoisotopic (exact) mass is 283 g/mol. The molecule has 0 aliphatic carbocycles. The third-order valence-electron chi connectivity index (χ3n) is 3.22. The lowest BCUT2D eigenvalue weighted by Gasteiger charge is -2.08. The van der Waals surface area contributed by atoms with E-state index in [1.165, 1.54) is 6.33 Å². The molecule has 108 valence electrons. The van der Waals surface area contributed by atoms with Crippen LogP contribution in [0.5, 0.6) is 5.88 Å². The zero-order valence-electron chi connectivity index (χ0n) is 11.8. The summed E-state index contributed by atoms with van der Waals surface area (Å²) in [5.74, 6) is 0.547. The van der Waals surface area contributed by atoms with E-state index in [4.69, 9.17) is 4.74 Å². The SMILES string of the molecule is CC(O)Cc1ccc2c(OCc3ccccc3)ncnn12. The predicted molar refractivity (Wildman–Crippen MR) is 79.1 cm³/mol. The van der Waals surface area contributed by atoms with Gasteiger partial charge < -0.3 is 9.84 Å². The van der Waals surface area contributed by atoms with E-state index in [-0.39, 0.29) is 0 Å². The van der Waals surface area contributed by atoms with E-state index in [2.05, 4.69) is 10.1 Å². The van der Waals surface area contributed by atoms with Crippen molar-refractivity contribution in [2.45, 2.75) is 26.1 Å². The number of hydrogen-bond donors (Lipinski definition) is 1. The van der Waals surface area contributed by atoms with Crippen LogP contribution in [0.2, 0.25) is 0 Å². The molecule has 5 nitrogen and oxygen atoms in total. The highest BCUT2D eigenvalue weighted by Crippen LogP contribution is 2.20. The van der Waals surface area contributed by atoms with Gasteiger partial charge in [-0.3, -0.25) is 0 Å². The lowest BCUT2D eigenvalue weighted by Crippen LogP contribution is -2.09. The number of hydrogen-bond acceptors (Lipinski definition) is 4. The summed E-state index contributed by atoms with van der Waals surface area (Å²) in [6.07, 6.45) is 1.61. The van der Waals surface area contributed by atoms with Crippen LogP contribution in [0.3, 0.4) is 0 Å². The van der Waals surface area contributed by atoms with E-state index in [9.17, 15) is 5.11 Å². The Hall–Kier alpha value is -2.40. The van der Waals surface area contributed by atoms with Gasteiger partial charge in [-0.15, -0.1) is 0 Å². The Kier molecular flexibility index (Phi) is 3.83. The van der Waals surface area contributed by atoms with Gasteiger partial charge >= 0.3 is 0 Å². The molecule has 2 aromatic heterocycles. The Labute approximate surface area is 122 Å². The first-order valence-electron chi connectivity index (χ1n) is 6.90. The molecule has 3 rings (SSSR count). The van der Waals surface area contributed by atoms with E-state index in [0.717, 1.165) is 16.8 Å². The fourth-order valence-electron chi connectivity index (χ4n) is 2.26. The molecule has 1 unspecified atom stereocenters. The van der Waals surface area contributed by atoms with E-state index in [1.54, 1.807) is 11.4 Å². The molecule has 1 atom stereocenters. The molecule has 0 aliphatic heterocycles. The van der Waals surface area contributed by atoms with Crippen LogP contribution in [0.25, 0.3) is 5.52 Å². The quantitative estimate of drug-likeness (QED) is 0.780. The fraction of sp³-hybridized carbons (Fsp3) is 0.250. The average molecular weight is 283 g/mol. The molecule has 0 radical (unpaired) electrons. The van der Waals surface area contributed by atoms with Crippen molar-refractivity contribution in [1.29, 1.82) is 0 Å². The maximum Gasteiger partial charge on any atom is 0.241 e. The molecule has 1 aromatic carbocycles. The molecule has 0 saturated heterocycles. The van der Waals surface area contributed by atoms with E-state index >= 15 is 0 Å². The lowest BCUT2D eigenvalue weighted by atomic mass is 10.2. The molecule has 2 heterocycles. The van der Waals surface area contributed by atoms with Gasteiger partial charge in [0, 0.05) is 12.1 Å². The van der Waals surface area contributed by atoms with E-state index < -0.39 is 6.10 Å². The molecule has 0 spiro atoms. The number of ether oxygens (including phenoxy) is 1. The highest BCUT2D eigenvalue weighted by molar-refractivity contribution is 5.57.